The van der Waals surface area contributed by atoms with E-state index in [1.165, 1.54) is 30.9 Å². The van der Waals surface area contributed by atoms with E-state index in [2.05, 4.69) is 20.3 Å². The molecule has 0 amide bonds. The van der Waals surface area contributed by atoms with Gasteiger partial charge in [0, 0.05) is 18.3 Å². The zero-order valence-electron chi connectivity index (χ0n) is 11.5. The number of thiazole rings is 1. The molecule has 0 radical (unpaired) electrons. The predicted molar refractivity (Wildman–Crippen MR) is 76.4 cm³/mol. The summed E-state index contributed by atoms with van der Waals surface area (Å²) in [6.07, 6.45) is 0.570. The Labute approximate surface area is 124 Å². The molecule has 9 heteroatoms. The lowest BCUT2D eigenvalue weighted by Gasteiger charge is -2.07. The molecule has 0 aliphatic rings. The van der Waals surface area contributed by atoms with Gasteiger partial charge in [0.2, 0.25) is 17.7 Å². The molecular weight excluding hydrogens is 296 g/mol. The van der Waals surface area contributed by atoms with Gasteiger partial charge in [0.05, 0.1) is 25.3 Å². The van der Waals surface area contributed by atoms with Gasteiger partial charge in [-0.25, -0.2) is 9.78 Å². The highest BCUT2D eigenvalue weighted by atomic mass is 32.1. The van der Waals surface area contributed by atoms with E-state index in [0.29, 0.717) is 30.7 Å². The van der Waals surface area contributed by atoms with Crippen LogP contribution in [0.15, 0.2) is 11.4 Å². The summed E-state index contributed by atoms with van der Waals surface area (Å²) in [7, 11) is 3.02. The van der Waals surface area contributed by atoms with Gasteiger partial charge in [-0.15, -0.1) is 11.3 Å². The molecule has 0 fully saturated rings. The van der Waals surface area contributed by atoms with Gasteiger partial charge in [-0.2, -0.15) is 9.97 Å². The Morgan fingerprint density at radius 1 is 1.29 bits per heavy atom. The van der Waals surface area contributed by atoms with E-state index in [-0.39, 0.29) is 5.69 Å². The fourth-order valence-electron chi connectivity index (χ4n) is 1.50. The number of nitrogens with one attached hydrogen (secondary N) is 1. The maximum atomic E-state index is 10.7. The molecule has 0 unspecified atom stereocenters. The first kappa shape index (κ1) is 15.0. The van der Waals surface area contributed by atoms with Gasteiger partial charge in [-0.1, -0.05) is 0 Å². The molecule has 112 valence electrons. The lowest BCUT2D eigenvalue weighted by Crippen LogP contribution is -2.09. The molecule has 0 saturated carbocycles. The monoisotopic (exact) mass is 310 g/mol. The maximum absolute atomic E-state index is 10.7. The molecule has 21 heavy (non-hydrogen) atoms. The van der Waals surface area contributed by atoms with E-state index >= 15 is 0 Å². The van der Waals surface area contributed by atoms with Crippen LogP contribution in [0, 0.1) is 0 Å². The van der Waals surface area contributed by atoms with Crippen molar-refractivity contribution in [2.75, 3.05) is 26.1 Å². The number of carboxylic acids is 1. The molecule has 0 aromatic carbocycles. The fourth-order valence-corrected chi connectivity index (χ4v) is 2.27. The summed E-state index contributed by atoms with van der Waals surface area (Å²) in [5.41, 5.74) is 0.0642. The minimum absolute atomic E-state index is 0.0642. The normalized spacial score (nSPS) is 10.2. The zero-order valence-corrected chi connectivity index (χ0v) is 12.3. The number of aromatic carboxylic acids is 1. The zero-order chi connectivity index (χ0) is 15.2. The quantitative estimate of drug-likeness (QED) is 0.788. The molecule has 2 heterocycles. The molecule has 2 rings (SSSR count). The number of aromatic nitrogens is 3. The maximum Gasteiger partial charge on any atom is 0.355 e. The van der Waals surface area contributed by atoms with Crippen molar-refractivity contribution in [2.24, 2.45) is 0 Å². The van der Waals surface area contributed by atoms with Gasteiger partial charge in [-0.3, -0.25) is 0 Å². The largest absolute Gasteiger partial charge is 0.481 e. The van der Waals surface area contributed by atoms with Crippen molar-refractivity contribution in [2.45, 2.75) is 6.42 Å². The average molecular weight is 310 g/mol. The number of methoxy groups -OCH3 is 2. The van der Waals surface area contributed by atoms with E-state index in [1.54, 1.807) is 6.07 Å². The third-order valence-electron chi connectivity index (χ3n) is 2.49. The molecule has 2 aromatic rings. The standard InChI is InChI=1S/C12H14N4O4S/c1-19-8-5-9(20-2)16-12(15-8)13-4-3-10-14-7(6-21-10)11(17)18/h5-6H,3-4H2,1-2H3,(H,17,18)(H,13,15,16). The fraction of sp³-hybridized carbons (Fsp3) is 0.333. The van der Waals surface area contributed by atoms with Crippen LogP contribution >= 0.6 is 11.3 Å². The van der Waals surface area contributed by atoms with Crippen LogP contribution in [-0.2, 0) is 6.42 Å². The predicted octanol–water partition coefficient (Wildman–Crippen LogP) is 1.30. The molecular formula is C12H14N4O4S. The van der Waals surface area contributed by atoms with Crippen LogP contribution in [0.2, 0.25) is 0 Å². The minimum Gasteiger partial charge on any atom is -0.481 e. The number of hydrogen-bond acceptors (Lipinski definition) is 8. The minimum atomic E-state index is -1.02. The van der Waals surface area contributed by atoms with Crippen molar-refractivity contribution in [1.29, 1.82) is 0 Å². The molecule has 0 atom stereocenters. The van der Waals surface area contributed by atoms with Gasteiger partial charge in [0.25, 0.3) is 0 Å². The van der Waals surface area contributed by atoms with Crippen LogP contribution < -0.4 is 14.8 Å². The number of ether oxygens (including phenoxy) is 2. The van der Waals surface area contributed by atoms with Crippen molar-refractivity contribution in [3.63, 3.8) is 0 Å². The number of rotatable bonds is 7. The molecule has 0 aliphatic heterocycles. The summed E-state index contributed by atoms with van der Waals surface area (Å²) in [5, 5.41) is 14.1. The van der Waals surface area contributed by atoms with Crippen LogP contribution in [-0.4, -0.2) is 46.8 Å². The Balaban J connectivity index is 1.94. The molecule has 0 saturated heterocycles. The highest BCUT2D eigenvalue weighted by molar-refractivity contribution is 7.09. The summed E-state index contributed by atoms with van der Waals surface area (Å²) in [4.78, 5) is 23.0. The average Bonchev–Trinajstić information content (AvgIpc) is 2.96. The number of nitrogens with zero attached hydrogens (tertiary/aromatic N) is 3. The second-order valence-corrected chi connectivity index (χ2v) is 4.83. The molecule has 0 aliphatic carbocycles. The third kappa shape index (κ3) is 4.02. The van der Waals surface area contributed by atoms with Crippen LogP contribution in [0.4, 0.5) is 5.95 Å². The van der Waals surface area contributed by atoms with E-state index in [0.717, 1.165) is 5.01 Å². The second-order valence-electron chi connectivity index (χ2n) is 3.88. The molecule has 0 spiro atoms. The molecule has 8 nitrogen and oxygen atoms in total. The van der Waals surface area contributed by atoms with Crippen molar-refractivity contribution in [3.05, 3.63) is 22.1 Å². The van der Waals surface area contributed by atoms with E-state index in [1.807, 2.05) is 0 Å². The van der Waals surface area contributed by atoms with Gasteiger partial charge in [0.15, 0.2) is 5.69 Å². The van der Waals surface area contributed by atoms with Gasteiger partial charge in [0.1, 0.15) is 0 Å². The van der Waals surface area contributed by atoms with Crippen molar-refractivity contribution < 1.29 is 19.4 Å². The first-order valence-corrected chi connectivity index (χ1v) is 6.89. The van der Waals surface area contributed by atoms with Crippen molar-refractivity contribution >= 4 is 23.3 Å². The lowest BCUT2D eigenvalue weighted by atomic mass is 10.4. The van der Waals surface area contributed by atoms with Crippen molar-refractivity contribution in [3.8, 4) is 11.8 Å². The van der Waals surface area contributed by atoms with Crippen LogP contribution in [0.25, 0.3) is 0 Å². The summed E-state index contributed by atoms with van der Waals surface area (Å²) in [5.74, 6) is 0.145. The Bertz CT molecular complexity index is 609. The smallest absolute Gasteiger partial charge is 0.355 e. The van der Waals surface area contributed by atoms with E-state index in [4.69, 9.17) is 14.6 Å². The second kappa shape index (κ2) is 6.84. The third-order valence-corrected chi connectivity index (χ3v) is 3.40. The highest BCUT2D eigenvalue weighted by Gasteiger charge is 2.09. The molecule has 2 aromatic heterocycles. The Morgan fingerprint density at radius 3 is 2.48 bits per heavy atom. The highest BCUT2D eigenvalue weighted by Crippen LogP contribution is 2.17. The van der Waals surface area contributed by atoms with E-state index < -0.39 is 5.97 Å². The topological polar surface area (TPSA) is 106 Å². The van der Waals surface area contributed by atoms with E-state index in [9.17, 15) is 4.79 Å². The molecule has 2 N–H and O–H groups in total. The number of carboxylic acid groups (broad SMARTS) is 1. The summed E-state index contributed by atoms with van der Waals surface area (Å²) < 4.78 is 10.1. The van der Waals surface area contributed by atoms with Gasteiger partial charge >= 0.3 is 5.97 Å². The first-order valence-electron chi connectivity index (χ1n) is 6.01. The van der Waals surface area contributed by atoms with Gasteiger partial charge < -0.3 is 19.9 Å². The summed E-state index contributed by atoms with van der Waals surface area (Å²) in [6.45, 7) is 0.517. The van der Waals surface area contributed by atoms with Gasteiger partial charge in [-0.05, 0) is 0 Å². The number of hydrogen-bond donors (Lipinski definition) is 2. The van der Waals surface area contributed by atoms with Crippen molar-refractivity contribution in [1.82, 2.24) is 15.0 Å². The van der Waals surface area contributed by atoms with Crippen LogP contribution in [0.1, 0.15) is 15.5 Å². The summed E-state index contributed by atoms with van der Waals surface area (Å²) in [6, 6.07) is 1.57. The summed E-state index contributed by atoms with van der Waals surface area (Å²) >= 11 is 1.31. The van der Waals surface area contributed by atoms with Crippen LogP contribution in [0.5, 0.6) is 11.8 Å². The number of anilines is 1. The Hall–Kier alpha value is -2.42. The lowest BCUT2D eigenvalue weighted by molar-refractivity contribution is 0.0691. The number of carbonyl (C=O) groups is 1. The Kier molecular flexibility index (Phi) is 4.88. The Morgan fingerprint density at radius 2 is 1.95 bits per heavy atom. The molecule has 0 bridgehead atoms. The van der Waals surface area contributed by atoms with Crippen LogP contribution in [0.3, 0.4) is 0 Å². The SMILES string of the molecule is COc1cc(OC)nc(NCCc2nc(C(=O)O)cs2)n1. The first-order chi connectivity index (χ1) is 10.1.